The van der Waals surface area contributed by atoms with E-state index in [9.17, 15) is 4.39 Å². The molecule has 2 aromatic rings. The fourth-order valence-electron chi connectivity index (χ4n) is 1.74. The van der Waals surface area contributed by atoms with Gasteiger partial charge in [-0.05, 0) is 17.7 Å². The van der Waals surface area contributed by atoms with Gasteiger partial charge in [-0.1, -0.05) is 0 Å². The number of ether oxygens (including phenoxy) is 2. The number of aromatic nitrogens is 2. The van der Waals surface area contributed by atoms with Crippen molar-refractivity contribution >= 4 is 5.82 Å². The quantitative estimate of drug-likeness (QED) is 0.903. The van der Waals surface area contributed by atoms with Gasteiger partial charge >= 0.3 is 0 Å². The Hall–Kier alpha value is -2.24. The van der Waals surface area contributed by atoms with Gasteiger partial charge in [0.1, 0.15) is 5.82 Å². The lowest BCUT2D eigenvalue weighted by atomic mass is 10.1. The standard InChI is InChI=1S/C12H14FN3O2/c1-16-12(14)8(6-15-16)7-4-9(13)11(18-3)10(5-7)17-2/h4-6H,14H2,1-3H3. The molecule has 0 aliphatic heterocycles. The lowest BCUT2D eigenvalue weighted by Gasteiger charge is -2.10. The van der Waals surface area contributed by atoms with E-state index in [0.29, 0.717) is 22.7 Å². The minimum absolute atomic E-state index is 0.0729. The van der Waals surface area contributed by atoms with E-state index in [-0.39, 0.29) is 5.75 Å². The zero-order chi connectivity index (χ0) is 13.3. The number of nitrogens with two attached hydrogens (primary N) is 1. The Bertz CT molecular complexity index is 581. The van der Waals surface area contributed by atoms with Gasteiger partial charge in [0.15, 0.2) is 17.3 Å². The van der Waals surface area contributed by atoms with Gasteiger partial charge in [-0.2, -0.15) is 5.10 Å². The topological polar surface area (TPSA) is 62.3 Å². The average Bonchev–Trinajstić information content (AvgIpc) is 2.69. The lowest BCUT2D eigenvalue weighted by Crippen LogP contribution is -1.99. The summed E-state index contributed by atoms with van der Waals surface area (Å²) in [5, 5.41) is 4.02. The van der Waals surface area contributed by atoms with Crippen LogP contribution in [0.1, 0.15) is 0 Å². The maximum absolute atomic E-state index is 13.8. The number of anilines is 1. The van der Waals surface area contributed by atoms with Crippen molar-refractivity contribution < 1.29 is 13.9 Å². The van der Waals surface area contributed by atoms with Crippen LogP contribution in [0.5, 0.6) is 11.5 Å². The van der Waals surface area contributed by atoms with E-state index in [4.69, 9.17) is 15.2 Å². The van der Waals surface area contributed by atoms with E-state index in [1.807, 2.05) is 0 Å². The summed E-state index contributed by atoms with van der Waals surface area (Å²) in [6, 6.07) is 3.00. The van der Waals surface area contributed by atoms with Gasteiger partial charge in [0.2, 0.25) is 0 Å². The molecular weight excluding hydrogens is 237 g/mol. The second-order valence-electron chi connectivity index (χ2n) is 3.76. The number of nitrogens with zero attached hydrogens (tertiary/aromatic N) is 2. The molecule has 0 unspecified atom stereocenters. The molecule has 2 rings (SSSR count). The molecule has 18 heavy (non-hydrogen) atoms. The van der Waals surface area contributed by atoms with E-state index >= 15 is 0 Å². The molecule has 0 saturated heterocycles. The lowest BCUT2D eigenvalue weighted by molar-refractivity contribution is 0.338. The summed E-state index contributed by atoms with van der Waals surface area (Å²) in [4.78, 5) is 0. The molecule has 96 valence electrons. The third kappa shape index (κ3) is 1.85. The zero-order valence-corrected chi connectivity index (χ0v) is 10.4. The van der Waals surface area contributed by atoms with Crippen LogP contribution < -0.4 is 15.2 Å². The largest absolute Gasteiger partial charge is 0.493 e. The SMILES string of the molecule is COc1cc(-c2cnn(C)c2N)cc(F)c1OC. The molecule has 5 nitrogen and oxygen atoms in total. The van der Waals surface area contributed by atoms with Crippen molar-refractivity contribution in [2.24, 2.45) is 7.05 Å². The van der Waals surface area contributed by atoms with Crippen molar-refractivity contribution in [2.75, 3.05) is 20.0 Å². The van der Waals surface area contributed by atoms with Crippen molar-refractivity contribution in [3.8, 4) is 22.6 Å². The van der Waals surface area contributed by atoms with Gasteiger partial charge in [-0.25, -0.2) is 4.39 Å². The molecule has 0 radical (unpaired) electrons. The van der Waals surface area contributed by atoms with Crippen LogP contribution in [-0.2, 0) is 7.05 Å². The van der Waals surface area contributed by atoms with Crippen LogP contribution in [-0.4, -0.2) is 24.0 Å². The van der Waals surface area contributed by atoms with Crippen molar-refractivity contribution in [1.29, 1.82) is 0 Å². The molecule has 0 spiro atoms. The molecule has 0 fully saturated rings. The van der Waals surface area contributed by atoms with E-state index in [2.05, 4.69) is 5.10 Å². The number of hydrogen-bond acceptors (Lipinski definition) is 4. The first-order chi connectivity index (χ1) is 8.58. The zero-order valence-electron chi connectivity index (χ0n) is 10.4. The third-order valence-corrected chi connectivity index (χ3v) is 2.73. The molecule has 2 N–H and O–H groups in total. The number of methoxy groups -OCH3 is 2. The Morgan fingerprint density at radius 3 is 2.50 bits per heavy atom. The fraction of sp³-hybridized carbons (Fsp3) is 0.250. The molecule has 1 aromatic heterocycles. The molecule has 0 bridgehead atoms. The average molecular weight is 251 g/mol. The number of aryl methyl sites for hydroxylation is 1. The number of rotatable bonds is 3. The monoisotopic (exact) mass is 251 g/mol. The van der Waals surface area contributed by atoms with Crippen LogP contribution in [0.3, 0.4) is 0 Å². The maximum Gasteiger partial charge on any atom is 0.196 e. The van der Waals surface area contributed by atoms with Gasteiger partial charge in [-0.3, -0.25) is 4.68 Å². The number of hydrogen-bond donors (Lipinski definition) is 1. The molecule has 1 aromatic carbocycles. The van der Waals surface area contributed by atoms with E-state index in [1.54, 1.807) is 19.3 Å². The molecule has 0 amide bonds. The summed E-state index contributed by atoms with van der Waals surface area (Å²) in [5.41, 5.74) is 7.10. The van der Waals surface area contributed by atoms with E-state index in [0.717, 1.165) is 0 Å². The van der Waals surface area contributed by atoms with Crippen LogP contribution in [0, 0.1) is 5.82 Å². The summed E-state index contributed by atoms with van der Waals surface area (Å²) in [5.74, 6) is 0.344. The second-order valence-corrected chi connectivity index (χ2v) is 3.76. The highest BCUT2D eigenvalue weighted by Crippen LogP contribution is 2.36. The van der Waals surface area contributed by atoms with Crippen molar-refractivity contribution in [1.82, 2.24) is 9.78 Å². The van der Waals surface area contributed by atoms with E-state index in [1.165, 1.54) is 25.0 Å². The van der Waals surface area contributed by atoms with Crippen LogP contribution in [0.4, 0.5) is 10.2 Å². The van der Waals surface area contributed by atoms with Crippen molar-refractivity contribution in [3.63, 3.8) is 0 Å². The summed E-state index contributed by atoms with van der Waals surface area (Å²) in [7, 11) is 4.56. The first-order valence-electron chi connectivity index (χ1n) is 5.27. The van der Waals surface area contributed by atoms with Crippen LogP contribution in [0.2, 0.25) is 0 Å². The second kappa shape index (κ2) is 4.56. The summed E-state index contributed by atoms with van der Waals surface area (Å²) < 4.78 is 25.4. The van der Waals surface area contributed by atoms with Gasteiger partial charge in [0.25, 0.3) is 0 Å². The first-order valence-corrected chi connectivity index (χ1v) is 5.27. The van der Waals surface area contributed by atoms with Gasteiger partial charge in [0, 0.05) is 12.6 Å². The molecule has 0 atom stereocenters. The van der Waals surface area contributed by atoms with Crippen molar-refractivity contribution in [3.05, 3.63) is 24.1 Å². The van der Waals surface area contributed by atoms with Gasteiger partial charge in [-0.15, -0.1) is 0 Å². The van der Waals surface area contributed by atoms with Crippen LogP contribution >= 0.6 is 0 Å². The Morgan fingerprint density at radius 2 is 2.00 bits per heavy atom. The molecule has 0 saturated carbocycles. The molecule has 0 aliphatic carbocycles. The number of halogens is 1. The summed E-state index contributed by atoms with van der Waals surface area (Å²) >= 11 is 0. The summed E-state index contributed by atoms with van der Waals surface area (Å²) in [6.45, 7) is 0. The van der Waals surface area contributed by atoms with Gasteiger partial charge in [0.05, 0.1) is 20.4 Å². The normalized spacial score (nSPS) is 10.4. The van der Waals surface area contributed by atoms with Crippen molar-refractivity contribution in [2.45, 2.75) is 0 Å². The van der Waals surface area contributed by atoms with Gasteiger partial charge < -0.3 is 15.2 Å². The number of nitrogen functional groups attached to an aromatic ring is 1. The highest BCUT2D eigenvalue weighted by molar-refractivity contribution is 5.75. The Morgan fingerprint density at radius 1 is 1.28 bits per heavy atom. The molecule has 1 heterocycles. The highest BCUT2D eigenvalue weighted by Gasteiger charge is 2.15. The Labute approximate surface area is 104 Å². The summed E-state index contributed by atoms with van der Waals surface area (Å²) in [6.07, 6.45) is 1.58. The maximum atomic E-state index is 13.8. The third-order valence-electron chi connectivity index (χ3n) is 2.73. The van der Waals surface area contributed by atoms with Crippen LogP contribution in [0.15, 0.2) is 18.3 Å². The first kappa shape index (κ1) is 12.2. The smallest absolute Gasteiger partial charge is 0.196 e. The fourth-order valence-corrected chi connectivity index (χ4v) is 1.74. The Kier molecular flexibility index (Phi) is 3.10. The predicted molar refractivity (Wildman–Crippen MR) is 66.1 cm³/mol. The predicted octanol–water partition coefficient (Wildman–Crippen LogP) is 1.83. The number of benzene rings is 1. The Balaban J connectivity index is 2.59. The minimum Gasteiger partial charge on any atom is -0.493 e. The van der Waals surface area contributed by atoms with E-state index < -0.39 is 5.82 Å². The molecular formula is C12H14FN3O2. The minimum atomic E-state index is -0.505. The highest BCUT2D eigenvalue weighted by atomic mass is 19.1. The van der Waals surface area contributed by atoms with Crippen LogP contribution in [0.25, 0.3) is 11.1 Å². The molecule has 6 heteroatoms. The molecule has 0 aliphatic rings.